The normalized spacial score (nSPS) is 15.2. The van der Waals surface area contributed by atoms with E-state index in [0.717, 1.165) is 9.26 Å². The molecule has 0 saturated heterocycles. The molecule has 29 heavy (non-hydrogen) atoms. The first-order valence-corrected chi connectivity index (χ1v) is 10.9. The summed E-state index contributed by atoms with van der Waals surface area (Å²) in [5.74, 6) is -0.0463. The van der Waals surface area contributed by atoms with Crippen molar-refractivity contribution in [3.8, 4) is 5.75 Å². The molecule has 1 aliphatic rings. The Morgan fingerprint density at radius 1 is 1.45 bits per heavy atom. The van der Waals surface area contributed by atoms with Crippen molar-refractivity contribution in [1.29, 1.82) is 0 Å². The number of hydrogen-bond donors (Lipinski definition) is 1. The molecule has 0 spiro atoms. The Kier molecular flexibility index (Phi) is 6.57. The van der Waals surface area contributed by atoms with Gasteiger partial charge in [-0.15, -0.1) is 0 Å². The van der Waals surface area contributed by atoms with Crippen LogP contribution in [0.2, 0.25) is 5.15 Å². The van der Waals surface area contributed by atoms with Crippen LogP contribution in [0.15, 0.2) is 29.3 Å². The second-order valence-corrected chi connectivity index (χ2v) is 9.92. The molecule has 1 saturated carbocycles. The molecule has 2 aromatic rings. The number of carboxylic acids is 1. The van der Waals surface area contributed by atoms with Crippen molar-refractivity contribution in [3.63, 3.8) is 0 Å². The van der Waals surface area contributed by atoms with E-state index >= 15 is 0 Å². The number of ether oxygens (including phenoxy) is 1. The molecule has 1 fully saturated rings. The highest BCUT2D eigenvalue weighted by Crippen LogP contribution is 2.37. The Balaban J connectivity index is 1.95. The maximum absolute atomic E-state index is 11.9. The molecule has 156 valence electrons. The van der Waals surface area contributed by atoms with Gasteiger partial charge in [0.2, 0.25) is 0 Å². The lowest BCUT2D eigenvalue weighted by atomic mass is 9.83. The Morgan fingerprint density at radius 2 is 2.14 bits per heavy atom. The zero-order valence-electron chi connectivity index (χ0n) is 16.6. The molecule has 3 rings (SSSR count). The molecular formula is C21H24ClIN2O4. The number of rotatable bonds is 7. The molecule has 0 aliphatic heterocycles. The minimum Gasteiger partial charge on any atom is -0.490 e. The van der Waals surface area contributed by atoms with Crippen LogP contribution in [0.3, 0.4) is 0 Å². The fourth-order valence-corrected chi connectivity index (χ4v) is 4.10. The van der Waals surface area contributed by atoms with E-state index in [1.165, 1.54) is 25.1 Å². The lowest BCUT2D eigenvalue weighted by Crippen LogP contribution is -2.29. The fourth-order valence-electron chi connectivity index (χ4n) is 3.15. The Bertz CT molecular complexity index is 980. The van der Waals surface area contributed by atoms with Gasteiger partial charge in [-0.2, -0.15) is 0 Å². The monoisotopic (exact) mass is 530 g/mol. The summed E-state index contributed by atoms with van der Waals surface area (Å²) >= 11 is 8.43. The third-order valence-corrected chi connectivity index (χ3v) is 6.29. The predicted octanol–water partition coefficient (Wildman–Crippen LogP) is 4.82. The third kappa shape index (κ3) is 5.51. The summed E-state index contributed by atoms with van der Waals surface area (Å²) in [7, 11) is 0. The van der Waals surface area contributed by atoms with Gasteiger partial charge >= 0.3 is 5.97 Å². The number of carboxylic acid groups (broad SMARTS) is 1. The van der Waals surface area contributed by atoms with Gasteiger partial charge < -0.3 is 14.4 Å². The van der Waals surface area contributed by atoms with Gasteiger partial charge in [-0.05, 0) is 64.8 Å². The quantitative estimate of drug-likeness (QED) is 0.410. The molecule has 8 heteroatoms. The molecule has 1 N–H and O–H groups in total. The van der Waals surface area contributed by atoms with E-state index < -0.39 is 11.4 Å². The number of nitrogens with zero attached hydrogens (tertiary/aromatic N) is 2. The van der Waals surface area contributed by atoms with Crippen LogP contribution in [-0.4, -0.2) is 27.2 Å². The molecule has 0 unspecified atom stereocenters. The largest absolute Gasteiger partial charge is 0.490 e. The summed E-state index contributed by atoms with van der Waals surface area (Å²) in [6.07, 6.45) is 6.03. The van der Waals surface area contributed by atoms with Gasteiger partial charge in [0.05, 0.1) is 6.61 Å². The Labute approximate surface area is 188 Å². The van der Waals surface area contributed by atoms with Crippen LogP contribution in [0.1, 0.15) is 55.6 Å². The molecule has 0 aromatic carbocycles. The van der Waals surface area contributed by atoms with Gasteiger partial charge in [-0.3, -0.25) is 4.79 Å². The number of aromatic nitrogens is 2. The molecule has 1 atom stereocenters. The highest BCUT2D eigenvalue weighted by molar-refractivity contribution is 14.1. The van der Waals surface area contributed by atoms with E-state index in [9.17, 15) is 14.7 Å². The standard InChI is InChI=1S/C21H24ClIN2O4/c1-21(2,3)17(25-7-6-15(26)14(10-25)20(27)28)9-13-8-16(18(22)24-19(13)23)29-11-12-4-5-12/h6-8,10,12,17H,4-5,9,11H2,1-3H3,(H,27,28)/t17-/m0/s1. The lowest BCUT2D eigenvalue weighted by molar-refractivity contribution is 0.0693. The first-order valence-electron chi connectivity index (χ1n) is 9.49. The number of halogens is 2. The van der Waals surface area contributed by atoms with Crippen molar-refractivity contribution in [2.45, 2.75) is 46.1 Å². The maximum atomic E-state index is 11.9. The average Bonchev–Trinajstić information content (AvgIpc) is 3.44. The second kappa shape index (κ2) is 8.63. The van der Waals surface area contributed by atoms with Crippen LogP contribution < -0.4 is 10.2 Å². The van der Waals surface area contributed by atoms with Crippen molar-refractivity contribution in [3.05, 3.63) is 54.7 Å². The van der Waals surface area contributed by atoms with Crippen molar-refractivity contribution in [2.75, 3.05) is 6.61 Å². The minimum atomic E-state index is -1.23. The van der Waals surface area contributed by atoms with E-state index in [0.29, 0.717) is 29.8 Å². The summed E-state index contributed by atoms with van der Waals surface area (Å²) in [6, 6.07) is 3.13. The average molecular weight is 531 g/mol. The van der Waals surface area contributed by atoms with E-state index in [1.807, 2.05) is 6.07 Å². The summed E-state index contributed by atoms with van der Waals surface area (Å²) < 4.78 is 8.46. The van der Waals surface area contributed by atoms with Crippen LogP contribution in [0, 0.1) is 15.0 Å². The summed E-state index contributed by atoms with van der Waals surface area (Å²) in [5, 5.41) is 9.68. The smallest absolute Gasteiger partial charge is 0.341 e. The van der Waals surface area contributed by atoms with Crippen molar-refractivity contribution < 1.29 is 14.6 Å². The van der Waals surface area contributed by atoms with Gasteiger partial charge in [-0.25, -0.2) is 9.78 Å². The predicted molar refractivity (Wildman–Crippen MR) is 120 cm³/mol. The van der Waals surface area contributed by atoms with Crippen LogP contribution in [0.5, 0.6) is 5.75 Å². The molecule has 1 aliphatic carbocycles. The SMILES string of the molecule is CC(C)(C)[C@H](Cc1cc(OCC2CC2)c(Cl)nc1I)n1ccc(=O)c(C(=O)O)c1. The first kappa shape index (κ1) is 22.1. The molecule has 0 bridgehead atoms. The van der Waals surface area contributed by atoms with Gasteiger partial charge in [0.1, 0.15) is 9.26 Å². The highest BCUT2D eigenvalue weighted by Gasteiger charge is 2.29. The highest BCUT2D eigenvalue weighted by atomic mass is 127. The van der Waals surface area contributed by atoms with Crippen molar-refractivity contribution >= 4 is 40.2 Å². The molecule has 2 aromatic heterocycles. The summed E-state index contributed by atoms with van der Waals surface area (Å²) in [5.41, 5.74) is 0.0260. The number of carbonyl (C=O) groups is 1. The zero-order chi connectivity index (χ0) is 21.3. The Hall–Kier alpha value is -1.61. The maximum Gasteiger partial charge on any atom is 0.341 e. The molecule has 6 nitrogen and oxygen atoms in total. The zero-order valence-corrected chi connectivity index (χ0v) is 19.5. The Morgan fingerprint density at radius 3 is 2.72 bits per heavy atom. The molecular weight excluding hydrogens is 507 g/mol. The number of aromatic carboxylic acids is 1. The lowest BCUT2D eigenvalue weighted by Gasteiger charge is -2.33. The van der Waals surface area contributed by atoms with Gasteiger partial charge in [0.15, 0.2) is 16.3 Å². The van der Waals surface area contributed by atoms with Crippen LogP contribution >= 0.6 is 34.2 Å². The van der Waals surface area contributed by atoms with Crippen LogP contribution in [0.4, 0.5) is 0 Å². The van der Waals surface area contributed by atoms with Crippen LogP contribution in [-0.2, 0) is 6.42 Å². The van der Waals surface area contributed by atoms with E-state index in [2.05, 4.69) is 48.3 Å². The second-order valence-electron chi connectivity index (χ2n) is 8.54. The van der Waals surface area contributed by atoms with E-state index in [4.69, 9.17) is 16.3 Å². The topological polar surface area (TPSA) is 81.4 Å². The van der Waals surface area contributed by atoms with E-state index in [1.54, 1.807) is 10.8 Å². The summed E-state index contributed by atoms with van der Waals surface area (Å²) in [4.78, 5) is 27.7. The molecule has 0 radical (unpaired) electrons. The molecule has 2 heterocycles. The van der Waals surface area contributed by atoms with E-state index in [-0.39, 0.29) is 17.0 Å². The van der Waals surface area contributed by atoms with Gasteiger partial charge in [0.25, 0.3) is 0 Å². The van der Waals surface area contributed by atoms with Crippen molar-refractivity contribution in [2.24, 2.45) is 11.3 Å². The van der Waals surface area contributed by atoms with Gasteiger partial charge in [0, 0.05) is 24.5 Å². The van der Waals surface area contributed by atoms with Gasteiger partial charge in [-0.1, -0.05) is 32.4 Å². The fraction of sp³-hybridized carbons (Fsp3) is 0.476. The third-order valence-electron chi connectivity index (χ3n) is 5.09. The molecule has 0 amide bonds. The number of hydrogen-bond acceptors (Lipinski definition) is 4. The number of pyridine rings is 2. The van der Waals surface area contributed by atoms with Crippen LogP contribution in [0.25, 0.3) is 0 Å². The summed E-state index contributed by atoms with van der Waals surface area (Å²) in [6.45, 7) is 6.89. The minimum absolute atomic E-state index is 0.103. The first-order chi connectivity index (χ1) is 13.6. The van der Waals surface area contributed by atoms with Crippen molar-refractivity contribution in [1.82, 2.24) is 9.55 Å².